The number of nitrogens with two attached hydrogens (primary N) is 1. The van der Waals surface area contributed by atoms with E-state index >= 15 is 0 Å². The van der Waals surface area contributed by atoms with Gasteiger partial charge in [-0.25, -0.2) is 0 Å². The Balaban J connectivity index is 1.53. The summed E-state index contributed by atoms with van der Waals surface area (Å²) < 4.78 is 5.09. The summed E-state index contributed by atoms with van der Waals surface area (Å²) >= 11 is 0. The number of hydrogen-bond acceptors (Lipinski definition) is 6. The minimum atomic E-state index is -1.13. The maximum absolute atomic E-state index is 12.4. The van der Waals surface area contributed by atoms with E-state index < -0.39 is 30.4 Å². The Morgan fingerprint density at radius 3 is 2.17 bits per heavy atom. The van der Waals surface area contributed by atoms with Crippen molar-refractivity contribution in [3.63, 3.8) is 0 Å². The Kier molecular flexibility index (Phi) is 5.95. The fourth-order valence-electron chi connectivity index (χ4n) is 3.77. The normalized spacial score (nSPS) is 22.0. The molecular formula is C20H23N3O6. The highest BCUT2D eigenvalue weighted by atomic mass is 16.5. The van der Waals surface area contributed by atoms with Gasteiger partial charge in [0.2, 0.25) is 17.7 Å². The molecule has 29 heavy (non-hydrogen) atoms. The molecule has 1 aromatic rings. The van der Waals surface area contributed by atoms with Crippen molar-refractivity contribution in [3.8, 4) is 0 Å². The lowest BCUT2D eigenvalue weighted by Gasteiger charge is -2.19. The molecule has 1 saturated heterocycles. The highest BCUT2D eigenvalue weighted by Gasteiger charge is 2.48. The Hall–Kier alpha value is -3.23. The second-order valence-electron chi connectivity index (χ2n) is 7.32. The van der Waals surface area contributed by atoms with Gasteiger partial charge in [-0.05, 0) is 44.0 Å². The van der Waals surface area contributed by atoms with Gasteiger partial charge >= 0.3 is 5.97 Å². The van der Waals surface area contributed by atoms with Crippen LogP contribution in [0.4, 0.5) is 5.69 Å². The van der Waals surface area contributed by atoms with Crippen LogP contribution >= 0.6 is 0 Å². The molecule has 0 bridgehead atoms. The highest BCUT2D eigenvalue weighted by molar-refractivity contribution is 6.07. The number of carbonyl (C=O) groups is 5. The maximum atomic E-state index is 12.4. The third-order valence-corrected chi connectivity index (χ3v) is 5.33. The van der Waals surface area contributed by atoms with Gasteiger partial charge in [0.15, 0.2) is 6.10 Å². The third-order valence-electron chi connectivity index (χ3n) is 5.33. The van der Waals surface area contributed by atoms with Gasteiger partial charge in [-0.2, -0.15) is 0 Å². The molecule has 3 N–H and O–H groups in total. The number of nitrogens with zero attached hydrogens (tertiary/aromatic N) is 1. The van der Waals surface area contributed by atoms with Gasteiger partial charge in [-0.15, -0.1) is 0 Å². The molecule has 9 nitrogen and oxygen atoms in total. The Morgan fingerprint density at radius 2 is 1.66 bits per heavy atom. The van der Waals surface area contributed by atoms with Gasteiger partial charge in [0.1, 0.15) is 6.54 Å². The van der Waals surface area contributed by atoms with E-state index in [4.69, 9.17) is 10.5 Å². The summed E-state index contributed by atoms with van der Waals surface area (Å²) in [5, 5.41) is 2.55. The smallest absolute Gasteiger partial charge is 0.326 e. The molecule has 0 aromatic heterocycles. The average Bonchev–Trinajstić information content (AvgIpc) is 2.93. The predicted molar refractivity (Wildman–Crippen MR) is 101 cm³/mol. The highest BCUT2D eigenvalue weighted by Crippen LogP contribution is 2.37. The van der Waals surface area contributed by atoms with Crippen LogP contribution in [0.2, 0.25) is 0 Å². The van der Waals surface area contributed by atoms with Crippen molar-refractivity contribution in [2.45, 2.75) is 38.7 Å². The number of imide groups is 1. The molecule has 1 heterocycles. The van der Waals surface area contributed by atoms with Crippen LogP contribution in [0.3, 0.4) is 0 Å². The monoisotopic (exact) mass is 401 g/mol. The van der Waals surface area contributed by atoms with Gasteiger partial charge in [0, 0.05) is 11.3 Å². The van der Waals surface area contributed by atoms with Crippen molar-refractivity contribution >= 4 is 35.3 Å². The summed E-state index contributed by atoms with van der Waals surface area (Å²) in [5.41, 5.74) is 5.85. The second-order valence-corrected chi connectivity index (χ2v) is 7.32. The number of amides is 4. The van der Waals surface area contributed by atoms with Crippen LogP contribution < -0.4 is 11.1 Å². The lowest BCUT2D eigenvalue weighted by Crippen LogP contribution is -2.39. The summed E-state index contributed by atoms with van der Waals surface area (Å²) in [6.07, 6.45) is 1.99. The first-order chi connectivity index (χ1) is 13.8. The van der Waals surface area contributed by atoms with E-state index in [-0.39, 0.29) is 23.7 Å². The molecule has 154 valence electrons. The predicted octanol–water partition coefficient (Wildman–Crippen LogP) is 0.831. The largest absolute Gasteiger partial charge is 0.451 e. The van der Waals surface area contributed by atoms with Gasteiger partial charge in [0.25, 0.3) is 5.91 Å². The van der Waals surface area contributed by atoms with E-state index in [9.17, 15) is 24.0 Å². The summed E-state index contributed by atoms with van der Waals surface area (Å²) in [5.74, 6) is -3.33. The number of nitrogens with one attached hydrogen (secondary N) is 1. The number of ether oxygens (including phenoxy) is 1. The fourth-order valence-corrected chi connectivity index (χ4v) is 3.77. The number of likely N-dealkylation sites (tertiary alicyclic amines) is 1. The van der Waals surface area contributed by atoms with E-state index in [1.807, 2.05) is 0 Å². The molecule has 1 aliphatic carbocycles. The third kappa shape index (κ3) is 4.44. The molecule has 1 aromatic carbocycles. The van der Waals surface area contributed by atoms with Crippen LogP contribution in [0, 0.1) is 11.8 Å². The summed E-state index contributed by atoms with van der Waals surface area (Å²) in [7, 11) is 0. The zero-order valence-corrected chi connectivity index (χ0v) is 16.1. The molecule has 3 atom stereocenters. The number of hydrogen-bond donors (Lipinski definition) is 2. The number of primary amides is 1. The molecule has 4 amide bonds. The molecule has 2 aliphatic rings. The van der Waals surface area contributed by atoms with Crippen LogP contribution in [-0.2, 0) is 23.9 Å². The van der Waals surface area contributed by atoms with Crippen LogP contribution in [0.1, 0.15) is 43.0 Å². The number of rotatable bonds is 6. The number of benzene rings is 1. The van der Waals surface area contributed by atoms with Gasteiger partial charge in [-0.3, -0.25) is 28.9 Å². The zero-order chi connectivity index (χ0) is 21.1. The minimum Gasteiger partial charge on any atom is -0.451 e. The number of fused-ring (bicyclic) bond motifs is 1. The fraction of sp³-hybridized carbons (Fsp3) is 0.450. The SMILES string of the molecule is C[C@H](OC(=O)CN1C(=O)[C@H]2CCCC[C@@H]2C1=O)C(=O)Nc1ccc(C(N)=O)cc1. The van der Waals surface area contributed by atoms with Crippen molar-refractivity contribution < 1.29 is 28.7 Å². The topological polar surface area (TPSA) is 136 Å². The quantitative estimate of drug-likeness (QED) is 0.535. The van der Waals surface area contributed by atoms with E-state index in [0.717, 1.165) is 17.7 Å². The van der Waals surface area contributed by atoms with Gasteiger partial charge < -0.3 is 15.8 Å². The van der Waals surface area contributed by atoms with Gasteiger partial charge in [-0.1, -0.05) is 12.8 Å². The Bertz CT molecular complexity index is 826. The lowest BCUT2D eigenvalue weighted by atomic mass is 9.81. The minimum absolute atomic E-state index is 0.294. The van der Waals surface area contributed by atoms with Crippen molar-refractivity contribution in [1.29, 1.82) is 0 Å². The molecule has 2 fully saturated rings. The van der Waals surface area contributed by atoms with Crippen LogP contribution in [0.15, 0.2) is 24.3 Å². The van der Waals surface area contributed by atoms with E-state index in [1.54, 1.807) is 0 Å². The van der Waals surface area contributed by atoms with E-state index in [2.05, 4.69) is 5.32 Å². The summed E-state index contributed by atoms with van der Waals surface area (Å²) in [6.45, 7) is 0.897. The van der Waals surface area contributed by atoms with Crippen LogP contribution in [0.5, 0.6) is 0 Å². The van der Waals surface area contributed by atoms with E-state index in [1.165, 1.54) is 31.2 Å². The molecule has 0 unspecified atom stereocenters. The summed E-state index contributed by atoms with van der Waals surface area (Å²) in [4.78, 5) is 61.2. The molecule has 0 spiro atoms. The van der Waals surface area contributed by atoms with Crippen molar-refractivity contribution in [3.05, 3.63) is 29.8 Å². The molecule has 1 aliphatic heterocycles. The molecule has 9 heteroatoms. The lowest BCUT2D eigenvalue weighted by molar-refractivity contribution is -0.158. The zero-order valence-electron chi connectivity index (χ0n) is 16.1. The molecule has 0 radical (unpaired) electrons. The number of esters is 1. The first-order valence-corrected chi connectivity index (χ1v) is 9.53. The van der Waals surface area contributed by atoms with Crippen molar-refractivity contribution in [1.82, 2.24) is 4.90 Å². The first kappa shape index (κ1) is 20.5. The van der Waals surface area contributed by atoms with Crippen molar-refractivity contribution in [2.75, 3.05) is 11.9 Å². The average molecular weight is 401 g/mol. The van der Waals surface area contributed by atoms with Crippen LogP contribution in [0.25, 0.3) is 0 Å². The standard InChI is InChI=1S/C20H23N3O6/c1-11(18(26)22-13-8-6-12(7-9-13)17(21)25)29-16(24)10-23-19(27)14-4-2-3-5-15(14)20(23)28/h6-9,11,14-15H,2-5,10H2,1H3,(H2,21,25)(H,22,26)/t11-,14-,15-/m0/s1. The maximum Gasteiger partial charge on any atom is 0.326 e. The van der Waals surface area contributed by atoms with E-state index in [0.29, 0.717) is 24.1 Å². The summed E-state index contributed by atoms with van der Waals surface area (Å²) in [6, 6.07) is 5.91. The number of anilines is 1. The van der Waals surface area contributed by atoms with Gasteiger partial charge in [0.05, 0.1) is 11.8 Å². The van der Waals surface area contributed by atoms with Crippen molar-refractivity contribution in [2.24, 2.45) is 17.6 Å². The molecular weight excluding hydrogens is 378 g/mol. The Labute approximate surface area is 167 Å². The second kappa shape index (κ2) is 8.42. The molecule has 1 saturated carbocycles. The Morgan fingerprint density at radius 1 is 1.10 bits per heavy atom. The molecule has 3 rings (SSSR count). The number of carbonyl (C=O) groups excluding carboxylic acids is 5. The first-order valence-electron chi connectivity index (χ1n) is 9.53. The van der Waals surface area contributed by atoms with Crippen LogP contribution in [-0.4, -0.2) is 47.1 Å².